The van der Waals surface area contributed by atoms with Crippen LogP contribution in [0.1, 0.15) is 29.9 Å². The van der Waals surface area contributed by atoms with Gasteiger partial charge in [0, 0.05) is 45.8 Å². The molecule has 2 heterocycles. The van der Waals surface area contributed by atoms with Crippen LogP contribution in [0.15, 0.2) is 42.7 Å². The lowest BCUT2D eigenvalue weighted by Crippen LogP contribution is -2.60. The maximum Gasteiger partial charge on any atom is 0.274 e. The van der Waals surface area contributed by atoms with Crippen LogP contribution in [0.4, 0.5) is 5.82 Å². The van der Waals surface area contributed by atoms with Crippen molar-refractivity contribution in [2.75, 3.05) is 38.6 Å². The molecule has 1 saturated heterocycles. The summed E-state index contributed by atoms with van der Waals surface area (Å²) in [6, 6.07) is 10.5. The standard InChI is InChI=1S/C20H27N5O/c1-20(2)15-24(10-11-25(20)14-16-8-6-5-7-9-16)19(26)17-12-22-18(13-21-17)23(3)4/h5-9,12-13H,10-11,14-15H2,1-4H3. The second-order valence-electron chi connectivity index (χ2n) is 7.60. The van der Waals surface area contributed by atoms with Crippen LogP contribution in [0.5, 0.6) is 0 Å². The summed E-state index contributed by atoms with van der Waals surface area (Å²) in [5.74, 6) is 0.699. The number of piperazine rings is 1. The Balaban J connectivity index is 1.67. The first-order valence-electron chi connectivity index (χ1n) is 8.94. The smallest absolute Gasteiger partial charge is 0.274 e. The van der Waals surface area contributed by atoms with Gasteiger partial charge in [0.05, 0.1) is 12.4 Å². The molecule has 1 amide bonds. The van der Waals surface area contributed by atoms with Crippen molar-refractivity contribution >= 4 is 11.7 Å². The molecule has 26 heavy (non-hydrogen) atoms. The second kappa shape index (κ2) is 7.41. The van der Waals surface area contributed by atoms with Crippen molar-refractivity contribution < 1.29 is 4.79 Å². The van der Waals surface area contributed by atoms with Gasteiger partial charge in [0.15, 0.2) is 0 Å². The van der Waals surface area contributed by atoms with Crippen LogP contribution in [-0.4, -0.2) is 64.9 Å². The maximum atomic E-state index is 12.8. The minimum atomic E-state index is -0.0965. The third-order valence-corrected chi connectivity index (χ3v) is 4.89. The SMILES string of the molecule is CN(C)c1cnc(C(=O)N2CCN(Cc3ccccc3)C(C)(C)C2)cn1. The van der Waals surface area contributed by atoms with Crippen molar-refractivity contribution in [1.82, 2.24) is 19.8 Å². The van der Waals surface area contributed by atoms with E-state index in [-0.39, 0.29) is 11.4 Å². The van der Waals surface area contributed by atoms with E-state index in [0.29, 0.717) is 18.8 Å². The number of benzene rings is 1. The average Bonchev–Trinajstić information content (AvgIpc) is 2.63. The van der Waals surface area contributed by atoms with Gasteiger partial charge in [-0.3, -0.25) is 9.69 Å². The molecule has 138 valence electrons. The zero-order valence-electron chi connectivity index (χ0n) is 16.0. The van der Waals surface area contributed by atoms with Gasteiger partial charge in [0.1, 0.15) is 11.5 Å². The van der Waals surface area contributed by atoms with Gasteiger partial charge >= 0.3 is 0 Å². The van der Waals surface area contributed by atoms with Crippen molar-refractivity contribution in [2.24, 2.45) is 0 Å². The van der Waals surface area contributed by atoms with Gasteiger partial charge in [-0.05, 0) is 19.4 Å². The largest absolute Gasteiger partial charge is 0.361 e. The molecule has 0 spiro atoms. The first kappa shape index (κ1) is 18.3. The van der Waals surface area contributed by atoms with Gasteiger partial charge < -0.3 is 9.80 Å². The molecule has 1 aromatic heterocycles. The van der Waals surface area contributed by atoms with Gasteiger partial charge in [-0.2, -0.15) is 0 Å². The molecule has 0 bridgehead atoms. The minimum Gasteiger partial charge on any atom is -0.361 e. The van der Waals surface area contributed by atoms with Crippen LogP contribution < -0.4 is 4.90 Å². The molecular weight excluding hydrogens is 326 g/mol. The van der Waals surface area contributed by atoms with Gasteiger partial charge in [0.25, 0.3) is 5.91 Å². The Labute approximate surface area is 155 Å². The monoisotopic (exact) mass is 353 g/mol. The van der Waals surface area contributed by atoms with Gasteiger partial charge in [-0.25, -0.2) is 9.97 Å². The first-order valence-corrected chi connectivity index (χ1v) is 8.94. The maximum absolute atomic E-state index is 12.8. The molecule has 0 atom stereocenters. The van der Waals surface area contributed by atoms with Crippen LogP contribution in [0.2, 0.25) is 0 Å². The summed E-state index contributed by atoms with van der Waals surface area (Å²) in [4.78, 5) is 27.6. The zero-order chi connectivity index (χ0) is 18.7. The summed E-state index contributed by atoms with van der Waals surface area (Å²) in [7, 11) is 3.81. The lowest BCUT2D eigenvalue weighted by atomic mass is 9.97. The zero-order valence-corrected chi connectivity index (χ0v) is 16.0. The molecule has 2 aromatic rings. The molecule has 1 aliphatic heterocycles. The Hall–Kier alpha value is -2.47. The third kappa shape index (κ3) is 4.02. The van der Waals surface area contributed by atoms with E-state index in [1.54, 1.807) is 12.4 Å². The Morgan fingerprint density at radius 1 is 1.12 bits per heavy atom. The highest BCUT2D eigenvalue weighted by Crippen LogP contribution is 2.24. The number of aromatic nitrogens is 2. The molecule has 1 fully saturated rings. The predicted molar refractivity (Wildman–Crippen MR) is 103 cm³/mol. The molecular formula is C20H27N5O. The van der Waals surface area contributed by atoms with Crippen molar-refractivity contribution in [3.05, 3.63) is 54.0 Å². The number of nitrogens with zero attached hydrogens (tertiary/aromatic N) is 5. The highest BCUT2D eigenvalue weighted by Gasteiger charge is 2.36. The Kier molecular flexibility index (Phi) is 5.23. The van der Waals surface area contributed by atoms with Crippen molar-refractivity contribution in [2.45, 2.75) is 25.9 Å². The van der Waals surface area contributed by atoms with Gasteiger partial charge in [-0.1, -0.05) is 30.3 Å². The number of amides is 1. The van der Waals surface area contributed by atoms with Crippen molar-refractivity contribution in [3.8, 4) is 0 Å². The molecule has 6 heteroatoms. The van der Waals surface area contributed by atoms with E-state index in [4.69, 9.17) is 0 Å². The van der Waals surface area contributed by atoms with Crippen molar-refractivity contribution in [1.29, 1.82) is 0 Å². The fraction of sp³-hybridized carbons (Fsp3) is 0.450. The lowest BCUT2D eigenvalue weighted by molar-refractivity contribution is 0.0135. The number of hydrogen-bond donors (Lipinski definition) is 0. The van der Waals surface area contributed by atoms with E-state index >= 15 is 0 Å². The van der Waals surface area contributed by atoms with Crippen LogP contribution in [-0.2, 0) is 6.54 Å². The predicted octanol–water partition coefficient (Wildman–Crippen LogP) is 2.28. The quantitative estimate of drug-likeness (QED) is 0.844. The summed E-state index contributed by atoms with van der Waals surface area (Å²) >= 11 is 0. The Morgan fingerprint density at radius 2 is 1.85 bits per heavy atom. The molecule has 1 aromatic carbocycles. The molecule has 0 saturated carbocycles. The average molecular weight is 353 g/mol. The van der Waals surface area contributed by atoms with E-state index in [1.165, 1.54) is 5.56 Å². The van der Waals surface area contributed by atoms with E-state index in [9.17, 15) is 4.79 Å². The number of carbonyl (C=O) groups excluding carboxylic acids is 1. The van der Waals surface area contributed by atoms with Crippen LogP contribution in [0, 0.1) is 0 Å². The van der Waals surface area contributed by atoms with Gasteiger partial charge in [-0.15, -0.1) is 0 Å². The fourth-order valence-electron chi connectivity index (χ4n) is 3.29. The number of carbonyl (C=O) groups is 1. The number of anilines is 1. The van der Waals surface area contributed by atoms with Crippen LogP contribution in [0.25, 0.3) is 0 Å². The van der Waals surface area contributed by atoms with Crippen LogP contribution >= 0.6 is 0 Å². The number of rotatable bonds is 4. The Morgan fingerprint density at radius 3 is 2.42 bits per heavy atom. The summed E-state index contributed by atoms with van der Waals surface area (Å²) in [6.07, 6.45) is 3.21. The third-order valence-electron chi connectivity index (χ3n) is 4.89. The summed E-state index contributed by atoms with van der Waals surface area (Å²) in [5.41, 5.74) is 1.61. The highest BCUT2D eigenvalue weighted by molar-refractivity contribution is 5.92. The second-order valence-corrected chi connectivity index (χ2v) is 7.60. The van der Waals surface area contributed by atoms with Gasteiger partial charge in [0.2, 0.25) is 0 Å². The van der Waals surface area contributed by atoms with Crippen LogP contribution in [0.3, 0.4) is 0 Å². The normalized spacial score (nSPS) is 17.2. The van der Waals surface area contributed by atoms with Crippen molar-refractivity contribution in [3.63, 3.8) is 0 Å². The summed E-state index contributed by atoms with van der Waals surface area (Å²) in [5, 5.41) is 0. The fourth-order valence-corrected chi connectivity index (χ4v) is 3.29. The molecule has 6 nitrogen and oxygen atoms in total. The highest BCUT2D eigenvalue weighted by atomic mass is 16.2. The molecule has 3 rings (SSSR count). The van der Waals surface area contributed by atoms with E-state index in [2.05, 4.69) is 53.0 Å². The Bertz CT molecular complexity index is 743. The molecule has 0 unspecified atom stereocenters. The number of hydrogen-bond acceptors (Lipinski definition) is 5. The molecule has 0 aliphatic carbocycles. The summed E-state index contributed by atoms with van der Waals surface area (Å²) in [6.45, 7) is 7.50. The van der Waals surface area contributed by atoms with E-state index in [0.717, 1.165) is 18.9 Å². The minimum absolute atomic E-state index is 0.0461. The van der Waals surface area contributed by atoms with E-state index in [1.807, 2.05) is 30.0 Å². The topological polar surface area (TPSA) is 52.6 Å². The first-order chi connectivity index (χ1) is 12.4. The lowest BCUT2D eigenvalue weighted by Gasteiger charge is -2.47. The molecule has 0 N–H and O–H groups in total. The molecule has 0 radical (unpaired) electrons. The van der Waals surface area contributed by atoms with E-state index < -0.39 is 0 Å². The summed E-state index contributed by atoms with van der Waals surface area (Å²) < 4.78 is 0. The molecule has 1 aliphatic rings.